The third-order valence-corrected chi connectivity index (χ3v) is 4.16. The number of thiophene rings is 1. The minimum absolute atomic E-state index is 0.0363. The van der Waals surface area contributed by atoms with E-state index in [0.717, 1.165) is 10.6 Å². The van der Waals surface area contributed by atoms with Gasteiger partial charge in [-0.25, -0.2) is 0 Å². The van der Waals surface area contributed by atoms with Crippen LogP contribution in [0.25, 0.3) is 0 Å². The highest BCUT2D eigenvalue weighted by Crippen LogP contribution is 2.38. The summed E-state index contributed by atoms with van der Waals surface area (Å²) in [4.78, 5) is 14.7. The van der Waals surface area contributed by atoms with Gasteiger partial charge in [-0.05, 0) is 29.7 Å². The summed E-state index contributed by atoms with van der Waals surface area (Å²) in [5.41, 5.74) is 0.727. The smallest absolute Gasteiger partial charge is 0.159 e. The molecule has 19 heavy (non-hydrogen) atoms. The van der Waals surface area contributed by atoms with E-state index in [1.807, 2.05) is 34.5 Å². The summed E-state index contributed by atoms with van der Waals surface area (Å²) >= 11 is 1.63. The Morgan fingerprint density at radius 2 is 2.05 bits per heavy atom. The molecule has 1 atom stereocenters. The summed E-state index contributed by atoms with van der Waals surface area (Å²) in [7, 11) is 0. The van der Waals surface area contributed by atoms with Gasteiger partial charge in [-0.1, -0.05) is 18.2 Å². The number of hydrogen-bond acceptors (Lipinski definition) is 4. The van der Waals surface area contributed by atoms with E-state index in [1.165, 1.54) is 0 Å². The number of carbonyl (C=O) groups is 1. The molecule has 0 unspecified atom stereocenters. The number of para-hydroxylation sites is 2. The minimum Gasteiger partial charge on any atom is -0.506 e. The number of ketones is 1. The van der Waals surface area contributed by atoms with Crippen molar-refractivity contribution < 1.29 is 9.90 Å². The average Bonchev–Trinajstić information content (AvgIpc) is 2.93. The van der Waals surface area contributed by atoms with E-state index in [2.05, 4.69) is 0 Å². The lowest BCUT2D eigenvalue weighted by molar-refractivity contribution is -0.115. The van der Waals surface area contributed by atoms with Crippen molar-refractivity contribution in [1.29, 1.82) is 0 Å². The first-order valence-corrected chi connectivity index (χ1v) is 6.94. The Bertz CT molecular complexity index is 619. The van der Waals surface area contributed by atoms with E-state index in [0.29, 0.717) is 6.42 Å². The normalized spacial score (nSPS) is 18.8. The molecule has 2 heterocycles. The van der Waals surface area contributed by atoms with Crippen LogP contribution >= 0.6 is 11.3 Å². The monoisotopic (exact) mass is 271 g/mol. The second-order valence-corrected chi connectivity index (χ2v) is 5.39. The molecule has 4 heteroatoms. The third-order valence-electron chi connectivity index (χ3n) is 3.18. The summed E-state index contributed by atoms with van der Waals surface area (Å²) in [6, 6.07) is 11.1. The SMILES string of the molecule is O=C1C=CN(c2ccccc2O)[C@@H](c2cccs2)C1. The van der Waals surface area contributed by atoms with E-state index in [4.69, 9.17) is 0 Å². The number of aromatic hydroxyl groups is 1. The van der Waals surface area contributed by atoms with Gasteiger partial charge < -0.3 is 10.0 Å². The van der Waals surface area contributed by atoms with Gasteiger partial charge in [0, 0.05) is 17.5 Å². The Balaban J connectivity index is 2.04. The molecule has 96 valence electrons. The number of benzene rings is 1. The van der Waals surface area contributed by atoms with Gasteiger partial charge in [-0.2, -0.15) is 0 Å². The molecular formula is C15H13NO2S. The molecule has 3 nitrogen and oxygen atoms in total. The van der Waals surface area contributed by atoms with Crippen LogP contribution in [0.5, 0.6) is 5.75 Å². The van der Waals surface area contributed by atoms with Gasteiger partial charge in [0.1, 0.15) is 5.75 Å². The lowest BCUT2D eigenvalue weighted by Crippen LogP contribution is -2.28. The first kappa shape index (κ1) is 12.0. The molecule has 1 N–H and O–H groups in total. The largest absolute Gasteiger partial charge is 0.506 e. The van der Waals surface area contributed by atoms with E-state index < -0.39 is 0 Å². The molecular weight excluding hydrogens is 258 g/mol. The molecule has 0 saturated carbocycles. The topological polar surface area (TPSA) is 40.5 Å². The lowest BCUT2D eigenvalue weighted by atomic mass is 10.0. The number of rotatable bonds is 2. The van der Waals surface area contributed by atoms with Gasteiger partial charge in [0.05, 0.1) is 11.7 Å². The van der Waals surface area contributed by atoms with Crippen molar-refractivity contribution >= 4 is 22.8 Å². The molecule has 0 amide bonds. The highest BCUT2D eigenvalue weighted by Gasteiger charge is 2.27. The summed E-state index contributed by atoms with van der Waals surface area (Å²) in [5.74, 6) is 0.341. The van der Waals surface area contributed by atoms with Crippen LogP contribution in [-0.4, -0.2) is 10.9 Å². The molecule has 0 saturated heterocycles. The fourth-order valence-electron chi connectivity index (χ4n) is 2.27. The van der Waals surface area contributed by atoms with Crippen molar-refractivity contribution in [3.05, 3.63) is 58.9 Å². The molecule has 1 aromatic carbocycles. The van der Waals surface area contributed by atoms with Crippen LogP contribution in [0.2, 0.25) is 0 Å². The molecule has 1 aliphatic heterocycles. The van der Waals surface area contributed by atoms with Gasteiger partial charge in [-0.3, -0.25) is 4.79 Å². The van der Waals surface area contributed by atoms with Gasteiger partial charge >= 0.3 is 0 Å². The van der Waals surface area contributed by atoms with E-state index in [-0.39, 0.29) is 17.6 Å². The highest BCUT2D eigenvalue weighted by atomic mass is 32.1. The first-order chi connectivity index (χ1) is 9.25. The maximum Gasteiger partial charge on any atom is 0.159 e. The van der Waals surface area contributed by atoms with Crippen molar-refractivity contribution in [2.24, 2.45) is 0 Å². The number of hydrogen-bond donors (Lipinski definition) is 1. The molecule has 0 spiro atoms. The number of phenolic OH excluding ortho intramolecular Hbond substituents is 1. The standard InChI is InChI=1S/C15H13NO2S/c17-11-7-8-16(12-4-1-2-5-14(12)18)13(10-11)15-6-3-9-19-15/h1-9,13,18H,10H2/t13-/m1/s1. The fourth-order valence-corrected chi connectivity index (χ4v) is 3.10. The second kappa shape index (κ2) is 4.90. The Labute approximate surface area is 115 Å². The Kier molecular flexibility index (Phi) is 3.09. The quantitative estimate of drug-likeness (QED) is 0.909. The molecule has 1 aliphatic rings. The van der Waals surface area contributed by atoms with Crippen LogP contribution in [0.15, 0.2) is 54.1 Å². The van der Waals surface area contributed by atoms with Crippen LogP contribution in [-0.2, 0) is 4.79 Å². The molecule has 0 fully saturated rings. The van der Waals surface area contributed by atoms with Crippen molar-refractivity contribution in [1.82, 2.24) is 0 Å². The van der Waals surface area contributed by atoms with Crippen molar-refractivity contribution in [2.75, 3.05) is 4.90 Å². The highest BCUT2D eigenvalue weighted by molar-refractivity contribution is 7.10. The van der Waals surface area contributed by atoms with Crippen molar-refractivity contribution in [2.45, 2.75) is 12.5 Å². The van der Waals surface area contributed by atoms with Crippen molar-refractivity contribution in [3.8, 4) is 5.75 Å². The molecule has 0 aliphatic carbocycles. The van der Waals surface area contributed by atoms with Crippen LogP contribution in [0.1, 0.15) is 17.3 Å². The molecule has 3 rings (SSSR count). The zero-order valence-electron chi connectivity index (χ0n) is 10.2. The lowest BCUT2D eigenvalue weighted by Gasteiger charge is -2.32. The average molecular weight is 271 g/mol. The van der Waals surface area contributed by atoms with Crippen LogP contribution in [0.3, 0.4) is 0 Å². The number of nitrogens with zero attached hydrogens (tertiary/aromatic N) is 1. The number of allylic oxidation sites excluding steroid dienone is 1. The van der Waals surface area contributed by atoms with Gasteiger partial charge in [-0.15, -0.1) is 11.3 Å². The summed E-state index contributed by atoms with van der Waals surface area (Å²) < 4.78 is 0. The predicted octanol–water partition coefficient (Wildman–Crippen LogP) is 3.49. The number of anilines is 1. The number of carbonyl (C=O) groups excluding carboxylic acids is 1. The maximum absolute atomic E-state index is 11.7. The Morgan fingerprint density at radius 3 is 2.79 bits per heavy atom. The van der Waals surface area contributed by atoms with E-state index >= 15 is 0 Å². The first-order valence-electron chi connectivity index (χ1n) is 6.06. The number of phenols is 1. The zero-order chi connectivity index (χ0) is 13.2. The van der Waals surface area contributed by atoms with Crippen LogP contribution < -0.4 is 4.90 Å². The van der Waals surface area contributed by atoms with Crippen molar-refractivity contribution in [3.63, 3.8) is 0 Å². The summed E-state index contributed by atoms with van der Waals surface area (Å²) in [6.07, 6.45) is 3.76. The van der Waals surface area contributed by atoms with Crippen LogP contribution in [0.4, 0.5) is 5.69 Å². The molecule has 2 aromatic rings. The van der Waals surface area contributed by atoms with E-state index in [9.17, 15) is 9.90 Å². The fraction of sp³-hybridized carbons (Fsp3) is 0.133. The zero-order valence-corrected chi connectivity index (χ0v) is 11.0. The van der Waals surface area contributed by atoms with Gasteiger partial charge in [0.25, 0.3) is 0 Å². The minimum atomic E-state index is -0.0363. The van der Waals surface area contributed by atoms with Crippen LogP contribution in [0, 0.1) is 0 Å². The molecule has 1 aromatic heterocycles. The Hall–Kier alpha value is -2.07. The molecule has 0 radical (unpaired) electrons. The van der Waals surface area contributed by atoms with E-state index in [1.54, 1.807) is 35.7 Å². The predicted molar refractivity (Wildman–Crippen MR) is 76.4 cm³/mol. The van der Waals surface area contributed by atoms with Gasteiger partial charge in [0.2, 0.25) is 0 Å². The summed E-state index contributed by atoms with van der Waals surface area (Å²) in [5, 5.41) is 12.0. The summed E-state index contributed by atoms with van der Waals surface area (Å²) in [6.45, 7) is 0. The Morgan fingerprint density at radius 1 is 1.21 bits per heavy atom. The maximum atomic E-state index is 11.7. The van der Waals surface area contributed by atoms with Gasteiger partial charge in [0.15, 0.2) is 5.78 Å². The third kappa shape index (κ3) is 2.27. The second-order valence-electron chi connectivity index (χ2n) is 4.41. The molecule has 0 bridgehead atoms.